The number of hydrogen-bond donors (Lipinski definition) is 1. The molecule has 1 aliphatic heterocycles. The minimum atomic E-state index is -1.06. The number of amides is 1. The molecule has 1 heterocycles. The van der Waals surface area contributed by atoms with Crippen molar-refractivity contribution >= 4 is 23.6 Å². The van der Waals surface area contributed by atoms with Gasteiger partial charge in [0.25, 0.3) is 0 Å². The first kappa shape index (κ1) is 16.1. The summed E-state index contributed by atoms with van der Waals surface area (Å²) in [5.74, 6) is -2.77. The molecule has 0 radical (unpaired) electrons. The van der Waals surface area contributed by atoms with Crippen molar-refractivity contribution in [3.8, 4) is 6.07 Å². The Kier molecular flexibility index (Phi) is 4.88. The van der Waals surface area contributed by atoms with Crippen molar-refractivity contribution in [1.29, 1.82) is 5.26 Å². The van der Waals surface area contributed by atoms with E-state index in [-0.39, 0.29) is 0 Å². The highest BCUT2D eigenvalue weighted by Crippen LogP contribution is 2.39. The molecule has 22 heavy (non-hydrogen) atoms. The third-order valence-electron chi connectivity index (χ3n) is 3.62. The van der Waals surface area contributed by atoms with E-state index in [2.05, 4.69) is 11.4 Å². The monoisotopic (exact) mass is 316 g/mol. The molecule has 0 unspecified atom stereocenters. The topological polar surface area (TPSA) is 79.2 Å². The molecule has 0 aromatic heterocycles. The molecule has 1 amide bonds. The van der Waals surface area contributed by atoms with E-state index in [4.69, 9.17) is 4.74 Å². The number of benzene rings is 1. The van der Waals surface area contributed by atoms with Crippen LogP contribution < -0.4 is 5.32 Å². The number of methoxy groups -OCH3 is 1. The van der Waals surface area contributed by atoms with Gasteiger partial charge in [-0.05, 0) is 18.7 Å². The normalized spacial score (nSPS) is 21.1. The predicted molar refractivity (Wildman–Crippen MR) is 83.7 cm³/mol. The number of allylic oxidation sites excluding steroid dienone is 1. The molecule has 114 valence electrons. The van der Waals surface area contributed by atoms with Crippen LogP contribution in [0, 0.1) is 24.2 Å². The summed E-state index contributed by atoms with van der Waals surface area (Å²) < 4.78 is 4.76. The second-order valence-corrected chi connectivity index (χ2v) is 5.75. The molecule has 0 saturated carbocycles. The highest BCUT2D eigenvalue weighted by Gasteiger charge is 2.43. The zero-order valence-electron chi connectivity index (χ0n) is 12.5. The summed E-state index contributed by atoms with van der Waals surface area (Å²) in [6.45, 7) is 1.95. The Bertz CT molecular complexity index is 674. The summed E-state index contributed by atoms with van der Waals surface area (Å²) in [4.78, 5) is 24.4. The van der Waals surface area contributed by atoms with Gasteiger partial charge in [-0.3, -0.25) is 9.59 Å². The number of rotatable bonds is 3. The van der Waals surface area contributed by atoms with Crippen molar-refractivity contribution in [2.75, 3.05) is 13.4 Å². The molecule has 0 saturated heterocycles. The van der Waals surface area contributed by atoms with Crippen LogP contribution in [-0.2, 0) is 14.3 Å². The largest absolute Gasteiger partial charge is 0.468 e. The summed E-state index contributed by atoms with van der Waals surface area (Å²) in [5.41, 5.74) is 2.19. The van der Waals surface area contributed by atoms with Crippen LogP contribution >= 0.6 is 11.8 Å². The Labute approximate surface area is 133 Å². The minimum absolute atomic E-state index is 0.381. The molecule has 2 atom stereocenters. The van der Waals surface area contributed by atoms with Crippen LogP contribution in [-0.4, -0.2) is 25.2 Å². The molecular formula is C16H16N2O3S. The van der Waals surface area contributed by atoms with Crippen LogP contribution in [0.3, 0.4) is 0 Å². The standard InChI is InChI=1S/C16H16N2O3S/c1-9-4-6-10(7-5-9)12-11(8-17)15(22-3)18-14(19)13(12)16(20)21-2/h4-7,12-13H,1-3H3,(H,18,19)/t12-,13-/m0/s1. The fourth-order valence-corrected chi connectivity index (χ4v) is 3.10. The lowest BCUT2D eigenvalue weighted by Crippen LogP contribution is -2.44. The molecule has 1 aromatic rings. The smallest absolute Gasteiger partial charge is 0.319 e. The van der Waals surface area contributed by atoms with E-state index in [1.54, 1.807) is 6.26 Å². The number of carbonyl (C=O) groups is 2. The molecule has 1 aliphatic rings. The lowest BCUT2D eigenvalue weighted by Gasteiger charge is -2.30. The average Bonchev–Trinajstić information content (AvgIpc) is 2.53. The Morgan fingerprint density at radius 3 is 2.50 bits per heavy atom. The van der Waals surface area contributed by atoms with Crippen molar-refractivity contribution in [2.45, 2.75) is 12.8 Å². The van der Waals surface area contributed by atoms with Gasteiger partial charge in [0.15, 0.2) is 0 Å². The van der Waals surface area contributed by atoms with Crippen LogP contribution in [0.25, 0.3) is 0 Å². The highest BCUT2D eigenvalue weighted by atomic mass is 32.2. The Morgan fingerprint density at radius 2 is 2.00 bits per heavy atom. The molecule has 0 spiro atoms. The van der Waals surface area contributed by atoms with E-state index in [9.17, 15) is 14.9 Å². The lowest BCUT2D eigenvalue weighted by atomic mass is 9.78. The minimum Gasteiger partial charge on any atom is -0.468 e. The van der Waals surface area contributed by atoms with Crippen molar-refractivity contribution in [2.24, 2.45) is 5.92 Å². The van der Waals surface area contributed by atoms with Gasteiger partial charge in [0.1, 0.15) is 5.92 Å². The number of thioether (sulfide) groups is 1. The van der Waals surface area contributed by atoms with Gasteiger partial charge in [0.05, 0.1) is 23.8 Å². The lowest BCUT2D eigenvalue weighted by molar-refractivity contribution is -0.150. The number of ether oxygens (including phenoxy) is 1. The van der Waals surface area contributed by atoms with Gasteiger partial charge in [0.2, 0.25) is 5.91 Å². The first-order valence-corrected chi connectivity index (χ1v) is 7.89. The molecule has 0 fully saturated rings. The van der Waals surface area contributed by atoms with E-state index in [0.29, 0.717) is 10.6 Å². The van der Waals surface area contributed by atoms with Crippen LogP contribution in [0.15, 0.2) is 34.9 Å². The van der Waals surface area contributed by atoms with Gasteiger partial charge in [-0.1, -0.05) is 29.8 Å². The first-order chi connectivity index (χ1) is 10.5. The third kappa shape index (κ3) is 2.85. The number of hydrogen-bond acceptors (Lipinski definition) is 5. The van der Waals surface area contributed by atoms with Crippen LogP contribution in [0.1, 0.15) is 17.0 Å². The summed E-state index contributed by atoms with van der Waals surface area (Å²) in [7, 11) is 1.24. The summed E-state index contributed by atoms with van der Waals surface area (Å²) in [6, 6.07) is 9.59. The SMILES string of the molecule is COC(=O)[C@@H]1C(=O)NC(SC)=C(C#N)[C@@H]1c1ccc(C)cc1. The zero-order chi connectivity index (χ0) is 16.3. The third-order valence-corrected chi connectivity index (χ3v) is 4.35. The van der Waals surface area contributed by atoms with Gasteiger partial charge in [-0.15, -0.1) is 11.8 Å². The van der Waals surface area contributed by atoms with Crippen molar-refractivity contribution in [3.05, 3.63) is 46.0 Å². The van der Waals surface area contributed by atoms with Gasteiger partial charge in [-0.25, -0.2) is 0 Å². The van der Waals surface area contributed by atoms with E-state index in [0.717, 1.165) is 11.1 Å². The Balaban J connectivity index is 2.62. The number of carbonyl (C=O) groups excluding carboxylic acids is 2. The second kappa shape index (κ2) is 6.67. The molecule has 0 aliphatic carbocycles. The number of nitrogens with zero attached hydrogens (tertiary/aromatic N) is 1. The van der Waals surface area contributed by atoms with Gasteiger partial charge in [0, 0.05) is 5.92 Å². The summed E-state index contributed by atoms with van der Waals surface area (Å²) in [5, 5.41) is 12.6. The molecule has 6 heteroatoms. The summed E-state index contributed by atoms with van der Waals surface area (Å²) >= 11 is 1.28. The number of nitriles is 1. The molecule has 1 aromatic carbocycles. The van der Waals surface area contributed by atoms with E-state index >= 15 is 0 Å². The van der Waals surface area contributed by atoms with Crippen LogP contribution in [0.5, 0.6) is 0 Å². The maximum Gasteiger partial charge on any atom is 0.319 e. The zero-order valence-corrected chi connectivity index (χ0v) is 13.4. The molecule has 0 bridgehead atoms. The molecule has 2 rings (SSSR count). The number of nitrogens with one attached hydrogen (secondary N) is 1. The van der Waals surface area contributed by atoms with E-state index in [1.807, 2.05) is 31.2 Å². The molecule has 5 nitrogen and oxygen atoms in total. The van der Waals surface area contributed by atoms with Gasteiger partial charge < -0.3 is 10.1 Å². The molecular weight excluding hydrogens is 300 g/mol. The highest BCUT2D eigenvalue weighted by molar-refractivity contribution is 8.02. The Morgan fingerprint density at radius 1 is 1.36 bits per heavy atom. The predicted octanol–water partition coefficient (Wildman–Crippen LogP) is 2.10. The van der Waals surface area contributed by atoms with E-state index < -0.39 is 23.7 Å². The van der Waals surface area contributed by atoms with Gasteiger partial charge >= 0.3 is 5.97 Å². The van der Waals surface area contributed by atoms with E-state index in [1.165, 1.54) is 18.9 Å². The quantitative estimate of drug-likeness (QED) is 0.682. The second-order valence-electron chi connectivity index (χ2n) is 4.94. The summed E-state index contributed by atoms with van der Waals surface area (Å²) in [6.07, 6.45) is 1.78. The fraction of sp³-hybridized carbons (Fsp3) is 0.312. The van der Waals surface area contributed by atoms with Crippen LogP contribution in [0.4, 0.5) is 0 Å². The fourth-order valence-electron chi connectivity index (χ4n) is 2.50. The maximum atomic E-state index is 12.3. The maximum absolute atomic E-state index is 12.3. The van der Waals surface area contributed by atoms with Crippen molar-refractivity contribution in [3.63, 3.8) is 0 Å². The first-order valence-electron chi connectivity index (χ1n) is 6.67. The number of aryl methyl sites for hydroxylation is 1. The average molecular weight is 316 g/mol. The Hall–Kier alpha value is -2.26. The molecule has 1 N–H and O–H groups in total. The number of esters is 1. The van der Waals surface area contributed by atoms with Crippen molar-refractivity contribution < 1.29 is 14.3 Å². The van der Waals surface area contributed by atoms with Gasteiger partial charge in [-0.2, -0.15) is 5.26 Å². The van der Waals surface area contributed by atoms with Crippen molar-refractivity contribution in [1.82, 2.24) is 5.32 Å². The van der Waals surface area contributed by atoms with Crippen LogP contribution in [0.2, 0.25) is 0 Å².